The molecule has 1 heterocycles. The Morgan fingerprint density at radius 3 is 2.63 bits per heavy atom. The number of carbonyl (C=O) groups excluding carboxylic acids is 2. The van der Waals surface area contributed by atoms with Crippen molar-refractivity contribution < 1.29 is 14.3 Å². The minimum Gasteiger partial charge on any atom is -0.374 e. The number of nitrogens with one attached hydrogen (secondary N) is 1. The van der Waals surface area contributed by atoms with Gasteiger partial charge in [-0.25, -0.2) is 0 Å². The van der Waals surface area contributed by atoms with E-state index in [-0.39, 0.29) is 24.1 Å². The second kappa shape index (κ2) is 10.2. The molecule has 1 aliphatic heterocycles. The summed E-state index contributed by atoms with van der Waals surface area (Å²) in [6.45, 7) is 3.09. The van der Waals surface area contributed by atoms with E-state index in [2.05, 4.69) is 10.2 Å². The monoisotopic (exact) mass is 450 g/mol. The molecule has 0 unspecified atom stereocenters. The fourth-order valence-electron chi connectivity index (χ4n) is 3.50. The number of primary amides is 1. The first kappa shape index (κ1) is 22.5. The smallest absolute Gasteiger partial charge is 0.251 e. The number of nitrogens with two attached hydrogens (primary N) is 2. The van der Waals surface area contributed by atoms with Gasteiger partial charge in [0.05, 0.1) is 22.8 Å². The fourth-order valence-corrected chi connectivity index (χ4v) is 3.82. The summed E-state index contributed by atoms with van der Waals surface area (Å²) in [4.78, 5) is 26.5. The van der Waals surface area contributed by atoms with Crippen molar-refractivity contribution in [3.63, 3.8) is 0 Å². The van der Waals surface area contributed by atoms with Gasteiger partial charge in [0.25, 0.3) is 5.91 Å². The molecule has 9 heteroatoms. The molecule has 1 saturated heterocycles. The van der Waals surface area contributed by atoms with Crippen molar-refractivity contribution in [2.45, 2.75) is 19.2 Å². The number of amides is 2. The molecule has 0 radical (unpaired) electrons. The zero-order chi connectivity index (χ0) is 21.7. The zero-order valence-electron chi connectivity index (χ0n) is 16.4. The molecule has 5 N–H and O–H groups in total. The molecule has 7 nitrogen and oxygen atoms in total. The van der Waals surface area contributed by atoms with Crippen molar-refractivity contribution in [2.24, 2.45) is 11.5 Å². The van der Waals surface area contributed by atoms with Gasteiger partial charge in [-0.15, -0.1) is 0 Å². The molecule has 2 amide bonds. The third kappa shape index (κ3) is 5.50. The fraction of sp³-hybridized carbons (Fsp3) is 0.333. The molecule has 160 valence electrons. The van der Waals surface area contributed by atoms with Crippen LogP contribution in [-0.4, -0.2) is 49.1 Å². The highest BCUT2D eigenvalue weighted by molar-refractivity contribution is 6.42. The molecule has 2 aromatic rings. The predicted molar refractivity (Wildman–Crippen MR) is 117 cm³/mol. The van der Waals surface area contributed by atoms with Crippen molar-refractivity contribution in [3.05, 3.63) is 68.7 Å². The van der Waals surface area contributed by atoms with E-state index in [1.807, 2.05) is 12.1 Å². The van der Waals surface area contributed by atoms with E-state index in [0.29, 0.717) is 47.4 Å². The number of carbonyl (C=O) groups is 2. The van der Waals surface area contributed by atoms with Crippen LogP contribution in [0.25, 0.3) is 0 Å². The maximum Gasteiger partial charge on any atom is 0.251 e. The van der Waals surface area contributed by atoms with E-state index in [0.717, 1.165) is 12.1 Å². The van der Waals surface area contributed by atoms with E-state index >= 15 is 0 Å². The summed E-state index contributed by atoms with van der Waals surface area (Å²) < 4.78 is 5.79. The van der Waals surface area contributed by atoms with Gasteiger partial charge in [0.2, 0.25) is 5.91 Å². The molecule has 0 aromatic heterocycles. The molecular weight excluding hydrogens is 427 g/mol. The third-order valence-corrected chi connectivity index (χ3v) is 5.73. The Hall–Kier alpha value is -2.16. The van der Waals surface area contributed by atoms with Gasteiger partial charge in [-0.1, -0.05) is 35.3 Å². The number of halogens is 2. The van der Waals surface area contributed by atoms with Crippen molar-refractivity contribution in [1.82, 2.24) is 10.2 Å². The molecule has 30 heavy (non-hydrogen) atoms. The van der Waals surface area contributed by atoms with Crippen LogP contribution >= 0.6 is 23.2 Å². The molecule has 0 spiro atoms. The van der Waals surface area contributed by atoms with E-state index in [9.17, 15) is 9.59 Å². The van der Waals surface area contributed by atoms with Crippen LogP contribution in [0.5, 0.6) is 0 Å². The van der Waals surface area contributed by atoms with Gasteiger partial charge in [-0.05, 0) is 35.4 Å². The van der Waals surface area contributed by atoms with Crippen LogP contribution in [0.3, 0.4) is 0 Å². The highest BCUT2D eigenvalue weighted by Crippen LogP contribution is 2.23. The Kier molecular flexibility index (Phi) is 7.69. The van der Waals surface area contributed by atoms with Crippen LogP contribution in [0.4, 0.5) is 0 Å². The zero-order valence-corrected chi connectivity index (χ0v) is 17.9. The van der Waals surface area contributed by atoms with Crippen LogP contribution in [0.15, 0.2) is 36.4 Å². The lowest BCUT2D eigenvalue weighted by molar-refractivity contribution is -0.0292. The van der Waals surface area contributed by atoms with Crippen LogP contribution in [0, 0.1) is 0 Å². The normalized spacial score (nSPS) is 17.0. The van der Waals surface area contributed by atoms with Gasteiger partial charge < -0.3 is 21.5 Å². The van der Waals surface area contributed by atoms with E-state index in [1.165, 1.54) is 0 Å². The lowest BCUT2D eigenvalue weighted by Gasteiger charge is -2.33. The Labute approximate surface area is 185 Å². The lowest BCUT2D eigenvalue weighted by atomic mass is 10.00. The molecule has 1 atom stereocenters. The van der Waals surface area contributed by atoms with Crippen molar-refractivity contribution >= 4 is 35.0 Å². The van der Waals surface area contributed by atoms with Gasteiger partial charge >= 0.3 is 0 Å². The second-order valence-corrected chi connectivity index (χ2v) is 7.90. The maximum absolute atomic E-state index is 12.7. The first-order chi connectivity index (χ1) is 14.4. The van der Waals surface area contributed by atoms with Crippen molar-refractivity contribution in [2.75, 3.05) is 26.2 Å². The standard InChI is InChI=1S/C21H24Cl2N4O3/c22-18-5-4-13(8-19(18)23)11-27-6-7-30-14(12-27)10-26-21(29)16-3-1-2-15(20(25)28)17(16)9-24/h1-5,8,14H,6-7,9-12,24H2,(H2,25,28)(H,26,29)/t14-/m0/s1. The topological polar surface area (TPSA) is 111 Å². The summed E-state index contributed by atoms with van der Waals surface area (Å²) in [7, 11) is 0. The molecular formula is C21H24Cl2N4O3. The van der Waals surface area contributed by atoms with Gasteiger partial charge in [0.15, 0.2) is 0 Å². The summed E-state index contributed by atoms with van der Waals surface area (Å²) in [5.41, 5.74) is 13.2. The number of benzene rings is 2. The van der Waals surface area contributed by atoms with Crippen LogP contribution < -0.4 is 16.8 Å². The van der Waals surface area contributed by atoms with Crippen molar-refractivity contribution in [3.8, 4) is 0 Å². The number of rotatable bonds is 7. The highest BCUT2D eigenvalue weighted by Gasteiger charge is 2.23. The number of nitrogens with zero attached hydrogens (tertiary/aromatic N) is 1. The third-order valence-electron chi connectivity index (χ3n) is 4.99. The SMILES string of the molecule is NCc1c(C(N)=O)cccc1C(=O)NC[C@H]1CN(Cc2ccc(Cl)c(Cl)c2)CCO1. The number of hydrogen-bond acceptors (Lipinski definition) is 5. The van der Waals surface area contributed by atoms with Crippen LogP contribution in [0.2, 0.25) is 10.0 Å². The van der Waals surface area contributed by atoms with Crippen LogP contribution in [-0.2, 0) is 17.8 Å². The minimum atomic E-state index is -0.612. The van der Waals surface area contributed by atoms with E-state index < -0.39 is 5.91 Å². The Bertz CT molecular complexity index is 938. The quantitative estimate of drug-likeness (QED) is 0.598. The van der Waals surface area contributed by atoms with Crippen LogP contribution in [0.1, 0.15) is 31.8 Å². The number of morpholine rings is 1. The summed E-state index contributed by atoms with van der Waals surface area (Å²) in [6.07, 6.45) is -0.161. The van der Waals surface area contributed by atoms with Crippen molar-refractivity contribution in [1.29, 1.82) is 0 Å². The average molecular weight is 451 g/mol. The molecule has 0 aliphatic carbocycles. The summed E-state index contributed by atoms with van der Waals surface area (Å²) >= 11 is 12.1. The number of ether oxygens (including phenoxy) is 1. The molecule has 2 aromatic carbocycles. The Balaban J connectivity index is 1.59. The summed E-state index contributed by atoms with van der Waals surface area (Å²) in [5.74, 6) is -0.928. The van der Waals surface area contributed by atoms with E-state index in [4.69, 9.17) is 39.4 Å². The number of hydrogen-bond donors (Lipinski definition) is 3. The molecule has 0 bridgehead atoms. The van der Waals surface area contributed by atoms with Gasteiger partial charge in [0, 0.05) is 43.9 Å². The Morgan fingerprint density at radius 1 is 1.17 bits per heavy atom. The second-order valence-electron chi connectivity index (χ2n) is 7.09. The summed E-state index contributed by atoms with van der Waals surface area (Å²) in [6, 6.07) is 10.4. The van der Waals surface area contributed by atoms with E-state index in [1.54, 1.807) is 24.3 Å². The largest absolute Gasteiger partial charge is 0.374 e. The molecule has 1 fully saturated rings. The maximum atomic E-state index is 12.7. The lowest BCUT2D eigenvalue weighted by Crippen LogP contribution is -2.47. The average Bonchev–Trinajstić information content (AvgIpc) is 2.74. The van der Waals surface area contributed by atoms with Gasteiger partial charge in [-0.3, -0.25) is 14.5 Å². The molecule has 0 saturated carbocycles. The highest BCUT2D eigenvalue weighted by atomic mass is 35.5. The summed E-state index contributed by atoms with van der Waals surface area (Å²) in [5, 5.41) is 3.93. The first-order valence-electron chi connectivity index (χ1n) is 9.57. The van der Waals surface area contributed by atoms with Gasteiger partial charge in [-0.2, -0.15) is 0 Å². The predicted octanol–water partition coefficient (Wildman–Crippen LogP) is 2.18. The van der Waals surface area contributed by atoms with Gasteiger partial charge in [0.1, 0.15) is 0 Å². The minimum absolute atomic E-state index is 0.0409. The molecule has 1 aliphatic rings. The molecule has 3 rings (SSSR count). The Morgan fingerprint density at radius 2 is 1.93 bits per heavy atom. The first-order valence-corrected chi connectivity index (χ1v) is 10.3.